The number of aryl methyl sites for hydroxylation is 1. The normalized spacial score (nSPS) is 14.9. The number of allylic oxidation sites excluding steroid dienone is 1. The third-order valence-corrected chi connectivity index (χ3v) is 4.99. The van der Waals surface area contributed by atoms with E-state index < -0.39 is 0 Å². The van der Waals surface area contributed by atoms with Gasteiger partial charge < -0.3 is 15.7 Å². The SMILES string of the molecule is Cc1ccc(NC(=O)N2N=CCC2c2ccccc2)cc1C#Cc1cnc(/C=C\C=N)[nH]1. The minimum absolute atomic E-state index is 0.114. The maximum atomic E-state index is 12.9. The molecule has 3 N–H and O–H groups in total. The number of hydrogen-bond donors (Lipinski definition) is 3. The molecule has 1 aliphatic heterocycles. The molecule has 0 saturated carbocycles. The first-order valence-electron chi connectivity index (χ1n) is 10.2. The van der Waals surface area contributed by atoms with E-state index in [2.05, 4.69) is 32.2 Å². The average molecular weight is 422 g/mol. The predicted molar refractivity (Wildman–Crippen MR) is 127 cm³/mol. The van der Waals surface area contributed by atoms with Crippen molar-refractivity contribution in [1.82, 2.24) is 15.0 Å². The van der Waals surface area contributed by atoms with Crippen molar-refractivity contribution in [3.8, 4) is 11.8 Å². The number of amides is 2. The van der Waals surface area contributed by atoms with E-state index >= 15 is 0 Å². The summed E-state index contributed by atoms with van der Waals surface area (Å²) in [5.41, 5.74) is 4.17. The Morgan fingerprint density at radius 3 is 2.91 bits per heavy atom. The molecule has 1 aromatic heterocycles. The van der Waals surface area contributed by atoms with E-state index in [1.807, 2.05) is 55.5 Å². The summed E-state index contributed by atoms with van der Waals surface area (Å²) in [4.78, 5) is 20.2. The predicted octanol–water partition coefficient (Wildman–Crippen LogP) is 4.75. The number of aromatic nitrogens is 2. The molecular formula is C25H22N6O. The Labute approximate surface area is 186 Å². The summed E-state index contributed by atoms with van der Waals surface area (Å²) in [6.45, 7) is 1.97. The molecule has 3 aromatic rings. The number of nitrogens with one attached hydrogen (secondary N) is 3. The molecule has 2 aromatic carbocycles. The van der Waals surface area contributed by atoms with Gasteiger partial charge in [-0.2, -0.15) is 5.10 Å². The van der Waals surface area contributed by atoms with Crippen molar-refractivity contribution >= 4 is 30.2 Å². The molecule has 158 valence electrons. The van der Waals surface area contributed by atoms with Crippen molar-refractivity contribution in [2.24, 2.45) is 5.10 Å². The highest BCUT2D eigenvalue weighted by Gasteiger charge is 2.28. The van der Waals surface area contributed by atoms with Crippen LogP contribution in [0.4, 0.5) is 10.5 Å². The summed E-state index contributed by atoms with van der Waals surface area (Å²) in [6.07, 6.45) is 8.56. The Morgan fingerprint density at radius 1 is 1.25 bits per heavy atom. The molecule has 1 unspecified atom stereocenters. The van der Waals surface area contributed by atoms with Gasteiger partial charge in [0.1, 0.15) is 11.5 Å². The quantitative estimate of drug-likeness (QED) is 0.418. The summed E-state index contributed by atoms with van der Waals surface area (Å²) in [6, 6.07) is 15.1. The molecule has 0 saturated heterocycles. The number of carbonyl (C=O) groups excluding carboxylic acids is 1. The first-order valence-corrected chi connectivity index (χ1v) is 10.2. The average Bonchev–Trinajstić information content (AvgIpc) is 3.48. The van der Waals surface area contributed by atoms with Gasteiger partial charge in [-0.15, -0.1) is 0 Å². The number of anilines is 1. The fourth-order valence-electron chi connectivity index (χ4n) is 3.34. The number of urea groups is 1. The number of rotatable bonds is 4. The van der Waals surface area contributed by atoms with Crippen LogP contribution in [0.2, 0.25) is 0 Å². The van der Waals surface area contributed by atoms with Gasteiger partial charge in [-0.25, -0.2) is 14.8 Å². The molecule has 7 heteroatoms. The van der Waals surface area contributed by atoms with E-state index in [1.165, 1.54) is 11.2 Å². The zero-order valence-electron chi connectivity index (χ0n) is 17.5. The van der Waals surface area contributed by atoms with Crippen LogP contribution >= 0.6 is 0 Å². The van der Waals surface area contributed by atoms with Gasteiger partial charge >= 0.3 is 6.03 Å². The van der Waals surface area contributed by atoms with E-state index in [0.717, 1.165) is 16.7 Å². The van der Waals surface area contributed by atoms with Gasteiger partial charge in [0.2, 0.25) is 0 Å². The highest BCUT2D eigenvalue weighted by Crippen LogP contribution is 2.28. The van der Waals surface area contributed by atoms with Gasteiger partial charge in [-0.3, -0.25) is 0 Å². The van der Waals surface area contributed by atoms with Gasteiger partial charge in [-0.1, -0.05) is 42.3 Å². The molecule has 4 rings (SSSR count). The first kappa shape index (κ1) is 20.8. The molecular weight excluding hydrogens is 400 g/mol. The Bertz CT molecular complexity index is 1250. The molecule has 1 aliphatic rings. The molecule has 2 amide bonds. The zero-order valence-corrected chi connectivity index (χ0v) is 17.5. The summed E-state index contributed by atoms with van der Waals surface area (Å²) in [5, 5.41) is 15.7. The van der Waals surface area contributed by atoms with E-state index in [9.17, 15) is 4.79 Å². The van der Waals surface area contributed by atoms with Gasteiger partial charge in [0.25, 0.3) is 0 Å². The van der Waals surface area contributed by atoms with Crippen LogP contribution in [0.25, 0.3) is 6.08 Å². The lowest BCUT2D eigenvalue weighted by molar-refractivity contribution is 0.200. The molecule has 0 aliphatic carbocycles. The van der Waals surface area contributed by atoms with Crippen molar-refractivity contribution in [2.75, 3.05) is 5.32 Å². The monoisotopic (exact) mass is 422 g/mol. The van der Waals surface area contributed by atoms with Crippen molar-refractivity contribution < 1.29 is 4.79 Å². The Morgan fingerprint density at radius 2 is 2.09 bits per heavy atom. The van der Waals surface area contributed by atoms with Crippen LogP contribution in [0.5, 0.6) is 0 Å². The molecule has 0 spiro atoms. The number of aromatic amines is 1. The Balaban J connectivity index is 1.49. The van der Waals surface area contributed by atoms with Gasteiger partial charge in [-0.05, 0) is 48.3 Å². The van der Waals surface area contributed by atoms with Gasteiger partial charge in [0, 0.05) is 30.1 Å². The number of hydrazone groups is 1. The largest absolute Gasteiger partial charge is 0.342 e. The lowest BCUT2D eigenvalue weighted by Crippen LogP contribution is -2.31. The molecule has 0 bridgehead atoms. The van der Waals surface area contributed by atoms with E-state index in [1.54, 1.807) is 24.6 Å². The molecule has 32 heavy (non-hydrogen) atoms. The molecule has 7 nitrogen and oxygen atoms in total. The highest BCUT2D eigenvalue weighted by atomic mass is 16.2. The fraction of sp³-hybridized carbons (Fsp3) is 0.120. The minimum Gasteiger partial charge on any atom is -0.332 e. The molecule has 0 radical (unpaired) electrons. The van der Waals surface area contributed by atoms with Crippen molar-refractivity contribution in [3.05, 3.63) is 89.0 Å². The van der Waals surface area contributed by atoms with E-state index in [0.29, 0.717) is 23.6 Å². The highest BCUT2D eigenvalue weighted by molar-refractivity contribution is 5.91. The minimum atomic E-state index is -0.286. The van der Waals surface area contributed by atoms with Crippen LogP contribution in [0, 0.1) is 24.2 Å². The summed E-state index contributed by atoms with van der Waals surface area (Å²) >= 11 is 0. The maximum absolute atomic E-state index is 12.9. The van der Waals surface area contributed by atoms with Crippen LogP contribution in [0.1, 0.15) is 40.7 Å². The topological polar surface area (TPSA) is 97.2 Å². The smallest absolute Gasteiger partial charge is 0.332 e. The van der Waals surface area contributed by atoms with Crippen molar-refractivity contribution in [1.29, 1.82) is 5.41 Å². The Hall–Kier alpha value is -4.44. The van der Waals surface area contributed by atoms with Crippen LogP contribution in [-0.2, 0) is 0 Å². The molecule has 2 heterocycles. The lowest BCUT2D eigenvalue weighted by Gasteiger charge is -2.22. The van der Waals surface area contributed by atoms with Crippen molar-refractivity contribution in [3.63, 3.8) is 0 Å². The molecule has 1 atom stereocenters. The zero-order chi connectivity index (χ0) is 22.3. The fourth-order valence-corrected chi connectivity index (χ4v) is 3.34. The number of H-pyrrole nitrogens is 1. The van der Waals surface area contributed by atoms with Crippen molar-refractivity contribution in [2.45, 2.75) is 19.4 Å². The van der Waals surface area contributed by atoms with E-state index in [-0.39, 0.29) is 12.1 Å². The second-order valence-electron chi connectivity index (χ2n) is 7.22. The van der Waals surface area contributed by atoms with E-state index in [4.69, 9.17) is 5.41 Å². The summed E-state index contributed by atoms with van der Waals surface area (Å²) < 4.78 is 0. The van der Waals surface area contributed by atoms with Crippen LogP contribution < -0.4 is 5.32 Å². The second-order valence-corrected chi connectivity index (χ2v) is 7.22. The summed E-state index contributed by atoms with van der Waals surface area (Å²) in [7, 11) is 0. The second kappa shape index (κ2) is 9.58. The third-order valence-electron chi connectivity index (χ3n) is 4.99. The molecule has 0 fully saturated rings. The van der Waals surface area contributed by atoms with Crippen LogP contribution in [0.3, 0.4) is 0 Å². The lowest BCUT2D eigenvalue weighted by atomic mass is 10.1. The first-order chi connectivity index (χ1) is 15.6. The Kier molecular flexibility index (Phi) is 6.23. The third kappa shape index (κ3) is 4.82. The number of hydrogen-bond acceptors (Lipinski definition) is 4. The van der Waals surface area contributed by atoms with Crippen LogP contribution in [-0.4, -0.2) is 33.4 Å². The summed E-state index contributed by atoms with van der Waals surface area (Å²) in [5.74, 6) is 6.82. The number of carbonyl (C=O) groups is 1. The standard InChI is InChI=1S/C25H22N6O/c1-18-9-11-21(16-20(18)10-12-22-17-27-24(29-22)8-5-14-26)30-25(32)31-23(13-15-28-31)19-6-3-2-4-7-19/h2-9,11,14-17,23,26H,13H2,1H3,(H,27,29)(H,30,32)/b8-5-,26-14?. The van der Waals surface area contributed by atoms with Crippen LogP contribution in [0.15, 0.2) is 65.9 Å². The number of nitrogens with zero attached hydrogens (tertiary/aromatic N) is 3. The van der Waals surface area contributed by atoms with Gasteiger partial charge in [0.05, 0.1) is 12.2 Å². The number of benzene rings is 2. The maximum Gasteiger partial charge on any atom is 0.342 e. The number of imidazole rings is 1. The van der Waals surface area contributed by atoms with Gasteiger partial charge in [0.15, 0.2) is 0 Å².